The van der Waals surface area contributed by atoms with Gasteiger partial charge in [0.05, 0.1) is 5.56 Å². The van der Waals surface area contributed by atoms with Gasteiger partial charge >= 0.3 is 12.5 Å². The van der Waals surface area contributed by atoms with Crippen molar-refractivity contribution in [2.45, 2.75) is 12.5 Å². The molecule has 1 aromatic rings. The van der Waals surface area contributed by atoms with Crippen molar-refractivity contribution >= 4 is 0 Å². The number of benzene rings is 1. The quantitative estimate of drug-likeness (QED) is 0.770. The van der Waals surface area contributed by atoms with E-state index in [1.54, 1.807) is 0 Å². The summed E-state index contributed by atoms with van der Waals surface area (Å²) >= 11 is 0. The van der Waals surface area contributed by atoms with Crippen molar-refractivity contribution < 1.29 is 36.2 Å². The zero-order valence-electron chi connectivity index (χ0n) is 7.36. The van der Waals surface area contributed by atoms with Gasteiger partial charge in [0.15, 0.2) is 0 Å². The van der Waals surface area contributed by atoms with Gasteiger partial charge in [0.2, 0.25) is 0 Å². The summed E-state index contributed by atoms with van der Waals surface area (Å²) in [7, 11) is 0. The minimum atomic E-state index is -5.11. The molecule has 2 nitrogen and oxygen atoms in total. The van der Waals surface area contributed by atoms with Crippen molar-refractivity contribution in [2.75, 3.05) is 0 Å². The zero-order chi connectivity index (χ0) is 12.6. The number of hydrogen-bond acceptors (Lipinski definition) is 2. The Kier molecular flexibility index (Phi) is 2.93. The van der Waals surface area contributed by atoms with Crippen molar-refractivity contribution in [3.8, 4) is 11.5 Å². The SMILES string of the molecule is Oc1cc(OC(F)(F)F)cc(C(F)(F)F)c1. The van der Waals surface area contributed by atoms with E-state index in [0.29, 0.717) is 12.1 Å². The van der Waals surface area contributed by atoms with E-state index >= 15 is 0 Å². The van der Waals surface area contributed by atoms with Crippen molar-refractivity contribution in [3.63, 3.8) is 0 Å². The molecule has 0 amide bonds. The molecule has 0 atom stereocenters. The smallest absolute Gasteiger partial charge is 0.508 e. The highest BCUT2D eigenvalue weighted by Gasteiger charge is 2.35. The van der Waals surface area contributed by atoms with Crippen LogP contribution in [0.25, 0.3) is 0 Å². The Morgan fingerprint density at radius 1 is 0.938 bits per heavy atom. The number of phenolic OH excluding ortho intramolecular Hbond substituents is 1. The molecule has 1 rings (SSSR count). The molecule has 0 bridgehead atoms. The maximum Gasteiger partial charge on any atom is 0.573 e. The molecule has 0 saturated carbocycles. The Morgan fingerprint density at radius 3 is 1.94 bits per heavy atom. The Morgan fingerprint density at radius 2 is 1.50 bits per heavy atom. The number of ether oxygens (including phenoxy) is 1. The normalized spacial score (nSPS) is 12.6. The first kappa shape index (κ1) is 12.5. The molecule has 1 N–H and O–H groups in total. The Hall–Kier alpha value is -1.60. The number of alkyl halides is 6. The summed E-state index contributed by atoms with van der Waals surface area (Å²) in [4.78, 5) is 0. The third-order valence-corrected chi connectivity index (χ3v) is 1.45. The van der Waals surface area contributed by atoms with Crippen LogP contribution >= 0.6 is 0 Å². The van der Waals surface area contributed by atoms with Crippen LogP contribution in [0.5, 0.6) is 11.5 Å². The van der Waals surface area contributed by atoms with Crippen LogP contribution in [0, 0.1) is 0 Å². The van der Waals surface area contributed by atoms with Crippen molar-refractivity contribution in [1.29, 1.82) is 0 Å². The molecule has 0 fully saturated rings. The van der Waals surface area contributed by atoms with E-state index in [-0.39, 0.29) is 6.07 Å². The standard InChI is InChI=1S/C8H4F6O2/c9-7(10,11)4-1-5(15)3-6(2-4)16-8(12,13)14/h1-3,15H. The molecule has 0 aliphatic rings. The summed E-state index contributed by atoms with van der Waals surface area (Å²) in [6, 6.07) is 0.874. The van der Waals surface area contributed by atoms with Crippen LogP contribution in [0.2, 0.25) is 0 Å². The van der Waals surface area contributed by atoms with Gasteiger partial charge < -0.3 is 9.84 Å². The lowest BCUT2D eigenvalue weighted by atomic mass is 10.2. The fraction of sp³-hybridized carbons (Fsp3) is 0.250. The Balaban J connectivity index is 3.09. The predicted molar refractivity (Wildman–Crippen MR) is 39.8 cm³/mol. The molecule has 0 aliphatic carbocycles. The zero-order valence-corrected chi connectivity index (χ0v) is 7.36. The summed E-state index contributed by atoms with van der Waals surface area (Å²) in [6.07, 6.45) is -9.97. The molecule has 8 heteroatoms. The number of phenols is 1. The lowest BCUT2D eigenvalue weighted by molar-refractivity contribution is -0.274. The molecular weight excluding hydrogens is 242 g/mol. The van der Waals surface area contributed by atoms with Gasteiger partial charge in [-0.05, 0) is 12.1 Å². The summed E-state index contributed by atoms with van der Waals surface area (Å²) in [5.74, 6) is -2.09. The molecule has 1 aromatic carbocycles. The van der Waals surface area contributed by atoms with Gasteiger partial charge in [-0.15, -0.1) is 13.2 Å². The van der Waals surface area contributed by atoms with Gasteiger partial charge in [-0.3, -0.25) is 0 Å². The highest BCUT2D eigenvalue weighted by molar-refractivity contribution is 5.38. The number of aromatic hydroxyl groups is 1. The third kappa shape index (κ3) is 3.52. The predicted octanol–water partition coefficient (Wildman–Crippen LogP) is 3.31. The minimum absolute atomic E-state index is 0.146. The fourth-order valence-corrected chi connectivity index (χ4v) is 0.940. The van der Waals surface area contributed by atoms with E-state index in [9.17, 15) is 26.3 Å². The van der Waals surface area contributed by atoms with Crippen LogP contribution in [-0.2, 0) is 6.18 Å². The summed E-state index contributed by atoms with van der Waals surface area (Å²) in [5.41, 5.74) is -1.42. The monoisotopic (exact) mass is 246 g/mol. The largest absolute Gasteiger partial charge is 0.573 e. The van der Waals surface area contributed by atoms with Crippen LogP contribution in [0.1, 0.15) is 5.56 Å². The van der Waals surface area contributed by atoms with Gasteiger partial charge in [-0.2, -0.15) is 13.2 Å². The third-order valence-electron chi connectivity index (χ3n) is 1.45. The van der Waals surface area contributed by atoms with E-state index in [4.69, 9.17) is 5.11 Å². The van der Waals surface area contributed by atoms with Crippen molar-refractivity contribution in [3.05, 3.63) is 23.8 Å². The van der Waals surface area contributed by atoms with E-state index < -0.39 is 29.6 Å². The first-order valence-corrected chi connectivity index (χ1v) is 3.75. The first-order chi connectivity index (χ1) is 7.08. The average Bonchev–Trinajstić information content (AvgIpc) is 1.97. The molecule has 90 valence electrons. The highest BCUT2D eigenvalue weighted by atomic mass is 19.4. The van der Waals surface area contributed by atoms with E-state index in [0.717, 1.165) is 0 Å². The number of rotatable bonds is 1. The van der Waals surface area contributed by atoms with Crippen LogP contribution in [0.15, 0.2) is 18.2 Å². The molecule has 0 saturated heterocycles. The van der Waals surface area contributed by atoms with Gasteiger partial charge in [-0.25, -0.2) is 0 Å². The van der Waals surface area contributed by atoms with Crippen molar-refractivity contribution in [2.24, 2.45) is 0 Å². The maximum absolute atomic E-state index is 12.1. The van der Waals surface area contributed by atoms with Gasteiger partial charge in [0, 0.05) is 6.07 Å². The first-order valence-electron chi connectivity index (χ1n) is 3.75. The molecule has 0 aliphatic heterocycles. The van der Waals surface area contributed by atoms with Gasteiger partial charge in [0.1, 0.15) is 11.5 Å². The maximum atomic E-state index is 12.1. The average molecular weight is 246 g/mol. The topological polar surface area (TPSA) is 29.5 Å². The van der Waals surface area contributed by atoms with Crippen LogP contribution in [0.4, 0.5) is 26.3 Å². The summed E-state index contributed by atoms with van der Waals surface area (Å²) in [5, 5.41) is 8.81. The second kappa shape index (κ2) is 3.76. The van der Waals surface area contributed by atoms with E-state index in [1.807, 2.05) is 0 Å². The lowest BCUT2D eigenvalue weighted by Crippen LogP contribution is -2.17. The second-order valence-corrected chi connectivity index (χ2v) is 2.76. The molecule has 0 unspecified atom stereocenters. The van der Waals surface area contributed by atoms with Gasteiger partial charge in [-0.1, -0.05) is 0 Å². The Bertz CT molecular complexity index is 381. The highest BCUT2D eigenvalue weighted by Crippen LogP contribution is 2.35. The molecule has 0 radical (unpaired) electrons. The molecule has 0 aromatic heterocycles. The second-order valence-electron chi connectivity index (χ2n) is 2.76. The molecule has 0 spiro atoms. The molecule has 0 heterocycles. The fourth-order valence-electron chi connectivity index (χ4n) is 0.940. The Labute approximate surface area is 85.1 Å². The van der Waals surface area contributed by atoms with Crippen LogP contribution < -0.4 is 4.74 Å². The van der Waals surface area contributed by atoms with E-state index in [2.05, 4.69) is 4.74 Å². The molecule has 16 heavy (non-hydrogen) atoms. The summed E-state index contributed by atoms with van der Waals surface area (Å²) < 4.78 is 74.8. The van der Waals surface area contributed by atoms with E-state index in [1.165, 1.54) is 0 Å². The minimum Gasteiger partial charge on any atom is -0.508 e. The molecular formula is C8H4F6O2. The van der Waals surface area contributed by atoms with Gasteiger partial charge in [0.25, 0.3) is 0 Å². The van der Waals surface area contributed by atoms with Crippen LogP contribution in [-0.4, -0.2) is 11.5 Å². The summed E-state index contributed by atoms with van der Waals surface area (Å²) in [6.45, 7) is 0. The lowest BCUT2D eigenvalue weighted by Gasteiger charge is -2.12. The number of hydrogen-bond donors (Lipinski definition) is 1. The number of halogens is 6. The van der Waals surface area contributed by atoms with Crippen molar-refractivity contribution in [1.82, 2.24) is 0 Å². The van der Waals surface area contributed by atoms with Crippen LogP contribution in [0.3, 0.4) is 0 Å².